The van der Waals surface area contributed by atoms with Gasteiger partial charge in [0.25, 0.3) is 0 Å². The molecule has 0 N–H and O–H groups in total. The molecule has 5 heteroatoms. The fourth-order valence-electron chi connectivity index (χ4n) is 1.29. The number of Topliss-reactive ketones (excluding diaryl/α,β-unsaturated/α-hetero) is 1. The summed E-state index contributed by atoms with van der Waals surface area (Å²) in [6.07, 6.45) is 2.38. The van der Waals surface area contributed by atoms with E-state index in [0.29, 0.717) is 12.0 Å². The molecule has 18 heavy (non-hydrogen) atoms. The Bertz CT molecular complexity index is 466. The standard InChI is InChI=1S/C13H15NO3S/c1-4-12(14-17-9(2)15)13(16)10-5-7-11(18-3)8-6-10/h5-8H,4H2,1-3H3/b14-12+. The van der Waals surface area contributed by atoms with Crippen molar-refractivity contribution in [2.75, 3.05) is 6.26 Å². The molecule has 1 aromatic carbocycles. The lowest BCUT2D eigenvalue weighted by atomic mass is 10.1. The summed E-state index contributed by atoms with van der Waals surface area (Å²) in [5.41, 5.74) is 0.780. The monoisotopic (exact) mass is 265 g/mol. The molecule has 1 aromatic rings. The zero-order valence-electron chi connectivity index (χ0n) is 10.6. The Balaban J connectivity index is 2.89. The highest BCUT2D eigenvalue weighted by Gasteiger charge is 2.13. The van der Waals surface area contributed by atoms with E-state index in [1.807, 2.05) is 18.4 Å². The zero-order chi connectivity index (χ0) is 13.5. The lowest BCUT2D eigenvalue weighted by molar-refractivity contribution is -0.140. The molecule has 4 nitrogen and oxygen atoms in total. The van der Waals surface area contributed by atoms with E-state index in [-0.39, 0.29) is 11.5 Å². The second-order valence-electron chi connectivity index (χ2n) is 3.53. The first-order chi connectivity index (χ1) is 8.58. The van der Waals surface area contributed by atoms with Gasteiger partial charge in [0.2, 0.25) is 5.78 Å². The molecule has 96 valence electrons. The normalized spacial score (nSPS) is 11.2. The molecular formula is C13H15NO3S. The van der Waals surface area contributed by atoms with Crippen LogP contribution in [0.4, 0.5) is 0 Å². The molecular weight excluding hydrogens is 250 g/mol. The van der Waals surface area contributed by atoms with Crippen LogP contribution in [0.2, 0.25) is 0 Å². The van der Waals surface area contributed by atoms with Crippen molar-refractivity contribution in [2.24, 2.45) is 5.16 Å². The molecule has 0 amide bonds. The van der Waals surface area contributed by atoms with Gasteiger partial charge in [-0.05, 0) is 36.9 Å². The van der Waals surface area contributed by atoms with Crippen LogP contribution in [0.5, 0.6) is 0 Å². The first-order valence-electron chi connectivity index (χ1n) is 5.51. The Morgan fingerprint density at radius 3 is 2.33 bits per heavy atom. The van der Waals surface area contributed by atoms with E-state index >= 15 is 0 Å². The molecule has 0 radical (unpaired) electrons. The fourth-order valence-corrected chi connectivity index (χ4v) is 1.70. The minimum absolute atomic E-state index is 0.216. The van der Waals surface area contributed by atoms with Crippen LogP contribution in [0.1, 0.15) is 30.6 Å². The van der Waals surface area contributed by atoms with Gasteiger partial charge in [-0.3, -0.25) is 4.79 Å². The summed E-state index contributed by atoms with van der Waals surface area (Å²) in [5.74, 6) is -0.752. The van der Waals surface area contributed by atoms with Crippen molar-refractivity contribution in [3.8, 4) is 0 Å². The third kappa shape index (κ3) is 4.00. The first-order valence-corrected chi connectivity index (χ1v) is 6.74. The van der Waals surface area contributed by atoms with Crippen molar-refractivity contribution in [1.82, 2.24) is 0 Å². The number of hydrogen-bond donors (Lipinski definition) is 0. The van der Waals surface area contributed by atoms with Crippen molar-refractivity contribution in [1.29, 1.82) is 0 Å². The van der Waals surface area contributed by atoms with Crippen LogP contribution in [0, 0.1) is 0 Å². The molecule has 0 bridgehead atoms. The summed E-state index contributed by atoms with van der Waals surface area (Å²) in [6, 6.07) is 7.23. The lowest BCUT2D eigenvalue weighted by Gasteiger charge is -2.03. The number of benzene rings is 1. The molecule has 0 saturated carbocycles. The van der Waals surface area contributed by atoms with Gasteiger partial charge in [0.15, 0.2) is 0 Å². The van der Waals surface area contributed by atoms with Crippen molar-refractivity contribution in [3.63, 3.8) is 0 Å². The summed E-state index contributed by atoms with van der Waals surface area (Å²) in [7, 11) is 0. The van der Waals surface area contributed by atoms with Gasteiger partial charge in [-0.1, -0.05) is 12.1 Å². The van der Waals surface area contributed by atoms with Gasteiger partial charge in [-0.25, -0.2) is 4.79 Å². The van der Waals surface area contributed by atoms with Gasteiger partial charge in [-0.15, -0.1) is 11.8 Å². The quantitative estimate of drug-likeness (QED) is 0.270. The summed E-state index contributed by atoms with van der Waals surface area (Å²) in [4.78, 5) is 28.3. The average Bonchev–Trinajstić information content (AvgIpc) is 2.39. The van der Waals surface area contributed by atoms with Gasteiger partial charge >= 0.3 is 5.97 Å². The van der Waals surface area contributed by atoms with E-state index < -0.39 is 5.97 Å². The Hall–Kier alpha value is -1.62. The Labute approximate surface area is 110 Å². The zero-order valence-corrected chi connectivity index (χ0v) is 11.4. The molecule has 1 rings (SSSR count). The second kappa shape index (κ2) is 6.96. The molecule has 0 unspecified atom stereocenters. The van der Waals surface area contributed by atoms with E-state index in [9.17, 15) is 9.59 Å². The summed E-state index contributed by atoms with van der Waals surface area (Å²) in [6.45, 7) is 3.03. The van der Waals surface area contributed by atoms with Gasteiger partial charge < -0.3 is 4.84 Å². The molecule has 0 aliphatic carbocycles. The maximum atomic E-state index is 12.1. The summed E-state index contributed by atoms with van der Waals surface area (Å²) in [5, 5.41) is 3.57. The number of carbonyl (C=O) groups is 2. The molecule has 0 aliphatic heterocycles. The minimum atomic E-state index is -0.536. The van der Waals surface area contributed by atoms with E-state index in [2.05, 4.69) is 9.99 Å². The SMILES string of the molecule is CC/C(=N\OC(C)=O)C(=O)c1ccc(SC)cc1. The van der Waals surface area contributed by atoms with Crippen molar-refractivity contribution in [2.45, 2.75) is 25.2 Å². The van der Waals surface area contributed by atoms with E-state index in [0.717, 1.165) is 4.90 Å². The van der Waals surface area contributed by atoms with E-state index in [4.69, 9.17) is 0 Å². The number of nitrogens with zero attached hydrogens (tertiary/aromatic N) is 1. The third-order valence-corrected chi connectivity index (χ3v) is 2.98. The predicted octanol–water partition coefficient (Wildman–Crippen LogP) is 2.92. The van der Waals surface area contributed by atoms with Crippen LogP contribution in [0.15, 0.2) is 34.3 Å². The molecule has 0 atom stereocenters. The number of oxime groups is 1. The minimum Gasteiger partial charge on any atom is -0.318 e. The molecule has 0 spiro atoms. The largest absolute Gasteiger partial charge is 0.331 e. The van der Waals surface area contributed by atoms with Gasteiger partial charge in [0.1, 0.15) is 5.71 Å². The highest BCUT2D eigenvalue weighted by atomic mass is 32.2. The van der Waals surface area contributed by atoms with Crippen molar-refractivity contribution in [3.05, 3.63) is 29.8 Å². The third-order valence-electron chi connectivity index (χ3n) is 2.23. The van der Waals surface area contributed by atoms with Gasteiger partial charge in [-0.2, -0.15) is 0 Å². The van der Waals surface area contributed by atoms with Crippen molar-refractivity contribution < 1.29 is 14.4 Å². The van der Waals surface area contributed by atoms with Crippen LogP contribution >= 0.6 is 11.8 Å². The lowest BCUT2D eigenvalue weighted by Crippen LogP contribution is -2.14. The van der Waals surface area contributed by atoms with Crippen LogP contribution in [0.25, 0.3) is 0 Å². The number of hydrogen-bond acceptors (Lipinski definition) is 5. The first kappa shape index (κ1) is 14.4. The van der Waals surface area contributed by atoms with Gasteiger partial charge in [0.05, 0.1) is 0 Å². The maximum Gasteiger partial charge on any atom is 0.331 e. The number of ketones is 1. The Morgan fingerprint density at radius 1 is 1.28 bits per heavy atom. The molecule has 0 heterocycles. The number of carbonyl (C=O) groups excluding carboxylic acids is 2. The maximum absolute atomic E-state index is 12.1. The Morgan fingerprint density at radius 2 is 1.89 bits per heavy atom. The highest BCUT2D eigenvalue weighted by Crippen LogP contribution is 2.15. The molecule has 0 saturated heterocycles. The fraction of sp³-hybridized carbons (Fsp3) is 0.308. The number of thioether (sulfide) groups is 1. The van der Waals surface area contributed by atoms with E-state index in [1.54, 1.807) is 30.8 Å². The summed E-state index contributed by atoms with van der Waals surface area (Å²) >= 11 is 1.61. The van der Waals surface area contributed by atoms with E-state index in [1.165, 1.54) is 6.92 Å². The van der Waals surface area contributed by atoms with Crippen LogP contribution in [0.3, 0.4) is 0 Å². The smallest absolute Gasteiger partial charge is 0.318 e. The Kier molecular flexibility index (Phi) is 5.58. The van der Waals surface area contributed by atoms with Crippen LogP contribution in [-0.4, -0.2) is 23.7 Å². The van der Waals surface area contributed by atoms with Crippen molar-refractivity contribution >= 4 is 29.2 Å². The molecule has 0 aliphatic rings. The molecule has 0 aromatic heterocycles. The summed E-state index contributed by atoms with van der Waals surface area (Å²) < 4.78 is 0. The second-order valence-corrected chi connectivity index (χ2v) is 4.41. The van der Waals surface area contributed by atoms with Crippen LogP contribution < -0.4 is 0 Å². The molecule has 0 fully saturated rings. The highest BCUT2D eigenvalue weighted by molar-refractivity contribution is 7.98. The predicted molar refractivity (Wildman–Crippen MR) is 72.0 cm³/mol. The number of rotatable bonds is 5. The average molecular weight is 265 g/mol. The van der Waals surface area contributed by atoms with Gasteiger partial charge in [0, 0.05) is 17.4 Å². The topological polar surface area (TPSA) is 55.7 Å². The van der Waals surface area contributed by atoms with Crippen LogP contribution in [-0.2, 0) is 9.63 Å².